The first-order valence-electron chi connectivity index (χ1n) is 10.6. The number of nitro benzene ring substituents is 2. The van der Waals surface area contributed by atoms with Crippen LogP contribution >= 0.6 is 0 Å². The van der Waals surface area contributed by atoms with Crippen LogP contribution < -0.4 is 4.74 Å². The summed E-state index contributed by atoms with van der Waals surface area (Å²) in [7, 11) is 0. The van der Waals surface area contributed by atoms with Gasteiger partial charge in [-0.3, -0.25) is 29.8 Å². The molecule has 0 aliphatic carbocycles. The van der Waals surface area contributed by atoms with Crippen molar-refractivity contribution in [3.8, 4) is 5.75 Å². The van der Waals surface area contributed by atoms with Crippen molar-refractivity contribution in [2.45, 2.75) is 45.6 Å². The average Bonchev–Trinajstić information content (AvgIpc) is 2.72. The minimum Gasteiger partial charge on any atom is -0.486 e. The van der Waals surface area contributed by atoms with Gasteiger partial charge in [-0.15, -0.1) is 0 Å². The van der Waals surface area contributed by atoms with E-state index in [1.807, 2.05) is 26.0 Å². The summed E-state index contributed by atoms with van der Waals surface area (Å²) < 4.78 is 6.31. The number of nitro groups is 2. The molecule has 4 rings (SSSR count). The Kier molecular flexibility index (Phi) is 5.39. The minimum absolute atomic E-state index is 0.0123. The van der Waals surface area contributed by atoms with Gasteiger partial charge >= 0.3 is 0 Å². The second-order valence-corrected chi connectivity index (χ2v) is 8.79. The van der Waals surface area contributed by atoms with E-state index in [1.54, 1.807) is 0 Å². The van der Waals surface area contributed by atoms with Gasteiger partial charge in [0.1, 0.15) is 16.9 Å². The number of benzene rings is 2. The maximum absolute atomic E-state index is 13.1. The van der Waals surface area contributed by atoms with E-state index in [-0.39, 0.29) is 36.4 Å². The zero-order chi connectivity index (χ0) is 24.1. The van der Waals surface area contributed by atoms with Crippen molar-refractivity contribution in [1.29, 1.82) is 0 Å². The topological polar surface area (TPSA) is 133 Å². The van der Waals surface area contributed by atoms with Gasteiger partial charge in [-0.25, -0.2) is 0 Å². The van der Waals surface area contributed by atoms with E-state index >= 15 is 0 Å². The van der Waals surface area contributed by atoms with Gasteiger partial charge in [0.05, 0.1) is 27.4 Å². The van der Waals surface area contributed by atoms with E-state index in [1.165, 1.54) is 11.8 Å². The molecule has 1 amide bonds. The third-order valence-electron chi connectivity index (χ3n) is 6.49. The number of rotatable bonds is 3. The van der Waals surface area contributed by atoms with Crippen molar-refractivity contribution in [3.05, 3.63) is 72.3 Å². The molecule has 0 aromatic heterocycles. The number of aryl methyl sites for hydroxylation is 2. The Hall–Kier alpha value is -3.82. The predicted octanol–water partition coefficient (Wildman–Crippen LogP) is 4.07. The lowest BCUT2D eigenvalue weighted by Gasteiger charge is -2.44. The van der Waals surface area contributed by atoms with Crippen LogP contribution in [-0.4, -0.2) is 45.1 Å². The standard InChI is InChI=1S/C23H23N3O7/c1-13-8-14(2)21-19(27)12-23(33-20(21)9-13)4-6-24(7-5-23)22(28)16-10-17(25(29)30)15(3)18(11-16)26(31)32/h8-11H,4-7,12H2,1-3H3. The summed E-state index contributed by atoms with van der Waals surface area (Å²) in [5, 5.41) is 22.7. The van der Waals surface area contributed by atoms with E-state index in [0.717, 1.165) is 23.3 Å². The number of nitrogens with zero attached hydrogens (tertiary/aromatic N) is 3. The Morgan fingerprint density at radius 1 is 1.00 bits per heavy atom. The predicted molar refractivity (Wildman–Crippen MR) is 118 cm³/mol. The smallest absolute Gasteiger partial charge is 0.279 e. The maximum atomic E-state index is 13.1. The fraction of sp³-hybridized carbons (Fsp3) is 0.391. The minimum atomic E-state index is -0.729. The zero-order valence-electron chi connectivity index (χ0n) is 18.5. The number of carbonyl (C=O) groups excluding carboxylic acids is 2. The van der Waals surface area contributed by atoms with E-state index < -0.39 is 32.7 Å². The van der Waals surface area contributed by atoms with Crippen molar-refractivity contribution in [2.24, 2.45) is 0 Å². The van der Waals surface area contributed by atoms with Gasteiger partial charge in [0, 0.05) is 38.1 Å². The van der Waals surface area contributed by atoms with Crippen LogP contribution in [0.3, 0.4) is 0 Å². The highest BCUT2D eigenvalue weighted by molar-refractivity contribution is 6.02. The lowest BCUT2D eigenvalue weighted by molar-refractivity contribution is -0.395. The number of hydrogen-bond acceptors (Lipinski definition) is 7. The Bertz CT molecular complexity index is 1180. The fourth-order valence-electron chi connectivity index (χ4n) is 4.78. The summed E-state index contributed by atoms with van der Waals surface area (Å²) in [6, 6.07) is 5.96. The number of hydrogen-bond donors (Lipinski definition) is 0. The van der Waals surface area contributed by atoms with Crippen LogP contribution in [0.15, 0.2) is 24.3 Å². The Morgan fingerprint density at radius 3 is 2.12 bits per heavy atom. The maximum Gasteiger partial charge on any atom is 0.279 e. The van der Waals surface area contributed by atoms with Gasteiger partial charge < -0.3 is 9.64 Å². The first-order chi connectivity index (χ1) is 15.5. The summed E-state index contributed by atoms with van der Waals surface area (Å²) in [4.78, 5) is 48.6. The van der Waals surface area contributed by atoms with E-state index in [9.17, 15) is 29.8 Å². The number of ketones is 1. The van der Waals surface area contributed by atoms with Crippen LogP contribution in [0.4, 0.5) is 11.4 Å². The number of piperidine rings is 1. The molecule has 0 bridgehead atoms. The zero-order valence-corrected chi connectivity index (χ0v) is 18.5. The third kappa shape index (κ3) is 3.92. The van der Waals surface area contributed by atoms with Crippen molar-refractivity contribution in [1.82, 2.24) is 4.90 Å². The molecule has 2 aliphatic heterocycles. The highest BCUT2D eigenvalue weighted by atomic mass is 16.6. The lowest BCUT2D eigenvalue weighted by atomic mass is 9.81. The molecule has 1 fully saturated rings. The molecule has 172 valence electrons. The highest BCUT2D eigenvalue weighted by Crippen LogP contribution is 2.41. The molecule has 0 atom stereocenters. The average molecular weight is 453 g/mol. The molecule has 33 heavy (non-hydrogen) atoms. The van der Waals surface area contributed by atoms with Gasteiger partial charge in [-0.2, -0.15) is 0 Å². The second-order valence-electron chi connectivity index (χ2n) is 8.79. The Morgan fingerprint density at radius 2 is 1.58 bits per heavy atom. The summed E-state index contributed by atoms with van der Waals surface area (Å²) in [5.41, 5.74) is 0.612. The van der Waals surface area contributed by atoms with Crippen LogP contribution in [-0.2, 0) is 0 Å². The van der Waals surface area contributed by atoms with Crippen LogP contribution in [0.2, 0.25) is 0 Å². The molecule has 0 unspecified atom stereocenters. The Labute approximate surface area is 189 Å². The first kappa shape index (κ1) is 22.4. The summed E-state index contributed by atoms with van der Waals surface area (Å²) in [5.74, 6) is 0.0527. The highest BCUT2D eigenvalue weighted by Gasteiger charge is 2.44. The summed E-state index contributed by atoms with van der Waals surface area (Å²) in [6.07, 6.45) is 1.04. The monoisotopic (exact) mass is 453 g/mol. The van der Waals surface area contributed by atoms with E-state index in [4.69, 9.17) is 4.74 Å². The quantitative estimate of drug-likeness (QED) is 0.505. The molecule has 10 heteroatoms. The molecule has 1 spiro atoms. The molecular weight excluding hydrogens is 430 g/mol. The van der Waals surface area contributed by atoms with Crippen molar-refractivity contribution < 1.29 is 24.2 Å². The molecule has 0 radical (unpaired) electrons. The van der Waals surface area contributed by atoms with Gasteiger partial charge in [0.2, 0.25) is 0 Å². The number of Topliss-reactive ketones (excluding diaryl/α,β-unsaturated/α-hetero) is 1. The largest absolute Gasteiger partial charge is 0.486 e. The van der Waals surface area contributed by atoms with Gasteiger partial charge in [0.25, 0.3) is 17.3 Å². The SMILES string of the molecule is Cc1cc(C)c2c(c1)OC1(CCN(C(=O)c3cc([N+](=O)[O-])c(C)c([N+](=O)[O-])c3)CC1)CC2=O. The van der Waals surface area contributed by atoms with Crippen molar-refractivity contribution in [3.63, 3.8) is 0 Å². The number of carbonyl (C=O) groups is 2. The molecule has 2 aliphatic rings. The number of amides is 1. The molecule has 1 saturated heterocycles. The first-order valence-corrected chi connectivity index (χ1v) is 10.6. The fourth-order valence-corrected chi connectivity index (χ4v) is 4.78. The summed E-state index contributed by atoms with van der Waals surface area (Å²) in [6.45, 7) is 5.63. The van der Waals surface area contributed by atoms with Crippen LogP contribution in [0.5, 0.6) is 5.75 Å². The third-order valence-corrected chi connectivity index (χ3v) is 6.49. The summed E-state index contributed by atoms with van der Waals surface area (Å²) >= 11 is 0. The normalized spacial score (nSPS) is 16.8. The molecule has 2 aromatic rings. The van der Waals surface area contributed by atoms with Crippen molar-refractivity contribution >= 4 is 23.1 Å². The Balaban J connectivity index is 1.56. The van der Waals surface area contributed by atoms with Crippen molar-refractivity contribution in [2.75, 3.05) is 13.1 Å². The van der Waals surface area contributed by atoms with Gasteiger partial charge in [-0.05, 0) is 38.0 Å². The molecule has 0 N–H and O–H groups in total. The van der Waals surface area contributed by atoms with Gasteiger partial charge in [0.15, 0.2) is 5.78 Å². The van der Waals surface area contributed by atoms with E-state index in [0.29, 0.717) is 24.2 Å². The molecular formula is C23H23N3O7. The number of fused-ring (bicyclic) bond motifs is 1. The van der Waals surface area contributed by atoms with Crippen LogP contribution in [0, 0.1) is 41.0 Å². The second kappa shape index (κ2) is 7.95. The molecule has 10 nitrogen and oxygen atoms in total. The van der Waals surface area contributed by atoms with E-state index in [2.05, 4.69) is 0 Å². The molecule has 2 aromatic carbocycles. The molecule has 0 saturated carbocycles. The van der Waals surface area contributed by atoms with Crippen LogP contribution in [0.25, 0.3) is 0 Å². The van der Waals surface area contributed by atoms with Gasteiger partial charge in [-0.1, -0.05) is 6.07 Å². The number of likely N-dealkylation sites (tertiary alicyclic amines) is 1. The molecule has 2 heterocycles. The van der Waals surface area contributed by atoms with Crippen LogP contribution in [0.1, 0.15) is 56.7 Å². The number of ether oxygens (including phenoxy) is 1. The lowest BCUT2D eigenvalue weighted by Crippen LogP contribution is -2.52.